The summed E-state index contributed by atoms with van der Waals surface area (Å²) in [6.45, 7) is 6.53. The first kappa shape index (κ1) is 11.1. The number of aromatic nitrogens is 2. The maximum absolute atomic E-state index is 4.69. The molecule has 0 radical (unpaired) electrons. The number of rotatable bonds is 3. The molecule has 2 rings (SSSR count). The molecule has 1 unspecified atom stereocenters. The average Bonchev–Trinajstić information content (AvgIpc) is 2.36. The Labute approximate surface area is 96.7 Å². The lowest BCUT2D eigenvalue weighted by molar-refractivity contribution is 0.707. The SMILES string of the molecule is CCc1ccc2ncc(C(C)CC)nc2c1. The molecule has 1 aromatic carbocycles. The Bertz CT molecular complexity index is 491. The minimum absolute atomic E-state index is 0.488. The van der Waals surface area contributed by atoms with Crippen LogP contribution >= 0.6 is 0 Å². The first-order chi connectivity index (χ1) is 7.74. The Morgan fingerprint density at radius 1 is 1.19 bits per heavy atom. The molecule has 0 spiro atoms. The zero-order valence-corrected chi connectivity index (χ0v) is 10.2. The van der Waals surface area contributed by atoms with E-state index >= 15 is 0 Å². The molecule has 0 bridgehead atoms. The fourth-order valence-electron chi connectivity index (χ4n) is 1.74. The largest absolute Gasteiger partial charge is 0.253 e. The highest BCUT2D eigenvalue weighted by molar-refractivity contribution is 5.74. The van der Waals surface area contributed by atoms with E-state index in [4.69, 9.17) is 4.98 Å². The van der Waals surface area contributed by atoms with Crippen molar-refractivity contribution in [2.45, 2.75) is 39.5 Å². The lowest BCUT2D eigenvalue weighted by Crippen LogP contribution is -1.98. The summed E-state index contributed by atoms with van der Waals surface area (Å²) < 4.78 is 0. The Balaban J connectivity index is 2.50. The van der Waals surface area contributed by atoms with E-state index in [0.717, 1.165) is 29.6 Å². The average molecular weight is 214 g/mol. The first-order valence-corrected chi connectivity index (χ1v) is 6.00. The normalized spacial score (nSPS) is 12.9. The van der Waals surface area contributed by atoms with E-state index in [0.29, 0.717) is 5.92 Å². The van der Waals surface area contributed by atoms with E-state index in [1.165, 1.54) is 5.56 Å². The van der Waals surface area contributed by atoms with E-state index in [1.54, 1.807) is 0 Å². The van der Waals surface area contributed by atoms with Crippen LogP contribution in [0.4, 0.5) is 0 Å². The zero-order chi connectivity index (χ0) is 11.5. The van der Waals surface area contributed by atoms with Crippen LogP contribution < -0.4 is 0 Å². The predicted octanol–water partition coefficient (Wildman–Crippen LogP) is 3.71. The van der Waals surface area contributed by atoms with Gasteiger partial charge in [-0.25, -0.2) is 4.98 Å². The molecule has 0 aliphatic carbocycles. The van der Waals surface area contributed by atoms with E-state index < -0.39 is 0 Å². The molecular formula is C14H18N2. The van der Waals surface area contributed by atoms with Crippen LogP contribution in [0.1, 0.15) is 44.4 Å². The second-order valence-corrected chi connectivity index (χ2v) is 4.28. The fraction of sp³-hybridized carbons (Fsp3) is 0.429. The minimum atomic E-state index is 0.488. The molecular weight excluding hydrogens is 196 g/mol. The van der Waals surface area contributed by atoms with Crippen LogP contribution in [0.3, 0.4) is 0 Å². The summed E-state index contributed by atoms with van der Waals surface area (Å²) in [7, 11) is 0. The van der Waals surface area contributed by atoms with Crippen molar-refractivity contribution in [2.75, 3.05) is 0 Å². The lowest BCUT2D eigenvalue weighted by atomic mass is 10.1. The number of benzene rings is 1. The Kier molecular flexibility index (Phi) is 3.18. The molecule has 2 heteroatoms. The van der Waals surface area contributed by atoms with Gasteiger partial charge in [0.1, 0.15) is 0 Å². The molecule has 0 N–H and O–H groups in total. The Morgan fingerprint density at radius 3 is 2.69 bits per heavy atom. The number of fused-ring (bicyclic) bond motifs is 1. The van der Waals surface area contributed by atoms with E-state index in [-0.39, 0.29) is 0 Å². The molecule has 16 heavy (non-hydrogen) atoms. The summed E-state index contributed by atoms with van der Waals surface area (Å²) in [5, 5.41) is 0. The summed E-state index contributed by atoms with van der Waals surface area (Å²) in [6, 6.07) is 6.33. The van der Waals surface area contributed by atoms with Gasteiger partial charge in [0.05, 0.1) is 16.7 Å². The molecule has 0 saturated carbocycles. The summed E-state index contributed by atoms with van der Waals surface area (Å²) in [5.74, 6) is 0.488. The van der Waals surface area contributed by atoms with Gasteiger partial charge >= 0.3 is 0 Å². The molecule has 0 aliphatic heterocycles. The minimum Gasteiger partial charge on any atom is -0.253 e. The Morgan fingerprint density at radius 2 is 2.00 bits per heavy atom. The van der Waals surface area contributed by atoms with Crippen molar-refractivity contribution in [1.82, 2.24) is 9.97 Å². The smallest absolute Gasteiger partial charge is 0.0892 e. The van der Waals surface area contributed by atoms with Crippen LogP contribution in [0.5, 0.6) is 0 Å². The van der Waals surface area contributed by atoms with Crippen LogP contribution in [0.15, 0.2) is 24.4 Å². The van der Waals surface area contributed by atoms with Crippen LogP contribution in [0.2, 0.25) is 0 Å². The quantitative estimate of drug-likeness (QED) is 0.778. The third kappa shape index (κ3) is 2.06. The van der Waals surface area contributed by atoms with Crippen LogP contribution in [0.25, 0.3) is 11.0 Å². The standard InChI is InChI=1S/C14H18N2/c1-4-10(3)14-9-15-12-7-6-11(5-2)8-13(12)16-14/h6-10H,4-5H2,1-3H3. The van der Waals surface area contributed by atoms with Gasteiger partial charge < -0.3 is 0 Å². The molecule has 0 amide bonds. The molecule has 0 aliphatic rings. The molecule has 2 nitrogen and oxygen atoms in total. The highest BCUT2D eigenvalue weighted by Gasteiger charge is 2.06. The van der Waals surface area contributed by atoms with E-state index in [9.17, 15) is 0 Å². The van der Waals surface area contributed by atoms with Gasteiger partial charge in [0.2, 0.25) is 0 Å². The molecule has 1 heterocycles. The van der Waals surface area contributed by atoms with Gasteiger partial charge in [0, 0.05) is 6.20 Å². The molecule has 0 fully saturated rings. The van der Waals surface area contributed by atoms with Gasteiger partial charge in [-0.05, 0) is 36.5 Å². The summed E-state index contributed by atoms with van der Waals surface area (Å²) in [6.07, 6.45) is 4.06. The van der Waals surface area contributed by atoms with Crippen LogP contribution in [-0.4, -0.2) is 9.97 Å². The second kappa shape index (κ2) is 4.60. The topological polar surface area (TPSA) is 25.8 Å². The second-order valence-electron chi connectivity index (χ2n) is 4.28. The van der Waals surface area contributed by atoms with Gasteiger partial charge in [-0.2, -0.15) is 0 Å². The van der Waals surface area contributed by atoms with Gasteiger partial charge in [0.25, 0.3) is 0 Å². The summed E-state index contributed by atoms with van der Waals surface area (Å²) in [4.78, 5) is 9.16. The maximum Gasteiger partial charge on any atom is 0.0892 e. The first-order valence-electron chi connectivity index (χ1n) is 6.00. The van der Waals surface area contributed by atoms with Crippen LogP contribution in [-0.2, 0) is 6.42 Å². The number of aryl methyl sites for hydroxylation is 1. The lowest BCUT2D eigenvalue weighted by Gasteiger charge is -2.08. The van der Waals surface area contributed by atoms with Gasteiger partial charge in [0.15, 0.2) is 0 Å². The predicted molar refractivity (Wildman–Crippen MR) is 67.6 cm³/mol. The van der Waals surface area contributed by atoms with Crippen LogP contribution in [0, 0.1) is 0 Å². The third-order valence-corrected chi connectivity index (χ3v) is 3.15. The number of nitrogens with zero attached hydrogens (tertiary/aromatic N) is 2. The summed E-state index contributed by atoms with van der Waals surface area (Å²) >= 11 is 0. The summed E-state index contributed by atoms with van der Waals surface area (Å²) in [5.41, 5.74) is 4.44. The van der Waals surface area contributed by atoms with Crippen molar-refractivity contribution in [3.63, 3.8) is 0 Å². The monoisotopic (exact) mass is 214 g/mol. The van der Waals surface area contributed by atoms with Crippen molar-refractivity contribution < 1.29 is 0 Å². The molecule has 84 valence electrons. The van der Waals surface area contributed by atoms with E-state index in [1.807, 2.05) is 6.20 Å². The third-order valence-electron chi connectivity index (χ3n) is 3.15. The Hall–Kier alpha value is -1.44. The highest BCUT2D eigenvalue weighted by Crippen LogP contribution is 2.19. The van der Waals surface area contributed by atoms with Gasteiger partial charge in [-0.15, -0.1) is 0 Å². The van der Waals surface area contributed by atoms with Crippen molar-refractivity contribution in [2.24, 2.45) is 0 Å². The van der Waals surface area contributed by atoms with Crippen molar-refractivity contribution in [3.8, 4) is 0 Å². The molecule has 2 aromatic rings. The fourth-order valence-corrected chi connectivity index (χ4v) is 1.74. The van der Waals surface area contributed by atoms with Crippen molar-refractivity contribution in [1.29, 1.82) is 0 Å². The zero-order valence-electron chi connectivity index (χ0n) is 10.2. The molecule has 1 atom stereocenters. The maximum atomic E-state index is 4.69. The number of hydrogen-bond donors (Lipinski definition) is 0. The van der Waals surface area contributed by atoms with Gasteiger partial charge in [-0.1, -0.05) is 26.8 Å². The van der Waals surface area contributed by atoms with Crippen molar-refractivity contribution >= 4 is 11.0 Å². The van der Waals surface area contributed by atoms with E-state index in [2.05, 4.69) is 44.0 Å². The van der Waals surface area contributed by atoms with Crippen molar-refractivity contribution in [3.05, 3.63) is 35.7 Å². The number of hydrogen-bond acceptors (Lipinski definition) is 2. The molecule has 0 saturated heterocycles. The van der Waals surface area contributed by atoms with Gasteiger partial charge in [-0.3, -0.25) is 4.98 Å². The highest BCUT2D eigenvalue weighted by atomic mass is 14.8. The molecule has 1 aromatic heterocycles.